The van der Waals surface area contributed by atoms with Crippen LogP contribution < -0.4 is 5.32 Å². The molecule has 0 bridgehead atoms. The number of fused-ring (bicyclic) bond motifs is 1. The Balaban J connectivity index is 2.72. The molecule has 1 aliphatic heterocycles. The van der Waals surface area contributed by atoms with E-state index in [0.717, 1.165) is 7.11 Å². The molecule has 1 heterocycles. The molecular weight excluding hydrogens is 282 g/mol. The first-order valence-corrected chi connectivity index (χ1v) is 5.86. The number of carbonyl (C=O) groups is 2. The van der Waals surface area contributed by atoms with Crippen LogP contribution in [-0.2, 0) is 19.7 Å². The van der Waals surface area contributed by atoms with Gasteiger partial charge in [-0.05, 0) is 18.2 Å². The Kier molecular flexibility index (Phi) is 3.35. The Labute approximate surface area is 119 Å². The van der Waals surface area contributed by atoms with E-state index in [9.17, 15) is 14.9 Å². The Morgan fingerprint density at radius 2 is 2.35 bits per heavy atom. The summed E-state index contributed by atoms with van der Waals surface area (Å²) in [5, 5.41) is 12.3. The van der Waals surface area contributed by atoms with Gasteiger partial charge < -0.3 is 10.1 Å². The number of anilines is 1. The van der Waals surface area contributed by atoms with Crippen molar-refractivity contribution in [2.75, 3.05) is 12.4 Å². The lowest BCUT2D eigenvalue weighted by Crippen LogP contribution is -2.47. The van der Waals surface area contributed by atoms with Gasteiger partial charge in [0.1, 0.15) is 0 Å². The number of esters is 1. The van der Waals surface area contributed by atoms with Gasteiger partial charge in [0.05, 0.1) is 13.2 Å². The molecule has 0 saturated carbocycles. The Hall–Kier alpha value is -2.57. The van der Waals surface area contributed by atoms with Gasteiger partial charge in [-0.15, -0.1) is 0 Å². The summed E-state index contributed by atoms with van der Waals surface area (Å²) in [7, 11) is 1.09. The summed E-state index contributed by atoms with van der Waals surface area (Å²) in [6, 6.07) is 4.67. The van der Waals surface area contributed by atoms with Crippen molar-refractivity contribution in [1.82, 2.24) is 0 Å². The average molecular weight is 290 g/mol. The van der Waals surface area contributed by atoms with E-state index in [0.29, 0.717) is 10.7 Å². The molecule has 0 aromatic heterocycles. The van der Waals surface area contributed by atoms with Gasteiger partial charge in [-0.1, -0.05) is 11.6 Å². The van der Waals surface area contributed by atoms with Crippen molar-refractivity contribution in [1.29, 1.82) is 5.26 Å². The minimum atomic E-state index is -1.95. The summed E-state index contributed by atoms with van der Waals surface area (Å²) in [5.74, 6) is -1.67. The lowest BCUT2D eigenvalue weighted by atomic mass is 9.76. The van der Waals surface area contributed by atoms with E-state index in [1.54, 1.807) is 12.1 Å². The summed E-state index contributed by atoms with van der Waals surface area (Å²) in [6.45, 7) is 7.13. The minimum absolute atomic E-state index is 0.212. The molecule has 20 heavy (non-hydrogen) atoms. The molecule has 2 unspecified atom stereocenters. The Bertz CT molecular complexity index is 689. The highest BCUT2D eigenvalue weighted by atomic mass is 35.5. The number of nitrogens with zero attached hydrogens (tertiary/aromatic N) is 2. The number of ether oxygens (including phenoxy) is 1. The van der Waals surface area contributed by atoms with Crippen molar-refractivity contribution in [3.8, 4) is 6.07 Å². The average Bonchev–Trinajstić information content (AvgIpc) is 2.72. The molecule has 6 nitrogen and oxygen atoms in total. The summed E-state index contributed by atoms with van der Waals surface area (Å²) < 4.78 is 4.52. The van der Waals surface area contributed by atoms with E-state index < -0.39 is 23.3 Å². The van der Waals surface area contributed by atoms with Crippen LogP contribution in [0.25, 0.3) is 4.85 Å². The molecule has 0 fully saturated rings. The van der Waals surface area contributed by atoms with E-state index in [1.165, 1.54) is 12.1 Å². The van der Waals surface area contributed by atoms with E-state index in [1.807, 2.05) is 0 Å². The second-order valence-corrected chi connectivity index (χ2v) is 4.56. The fourth-order valence-corrected chi connectivity index (χ4v) is 2.35. The van der Waals surface area contributed by atoms with Gasteiger partial charge >= 0.3 is 12.0 Å². The quantitative estimate of drug-likeness (QED) is 0.661. The van der Waals surface area contributed by atoms with Crippen molar-refractivity contribution in [2.45, 2.75) is 11.5 Å². The SMILES string of the molecule is [C-]#[N+]C(C(=O)OC)C1(C#N)C(=O)Nc2ccc(Cl)cc21. The van der Waals surface area contributed by atoms with Crippen LogP contribution in [0.15, 0.2) is 18.2 Å². The molecule has 1 N–H and O–H groups in total. The molecule has 100 valence electrons. The van der Waals surface area contributed by atoms with E-state index >= 15 is 0 Å². The van der Waals surface area contributed by atoms with E-state index in [4.69, 9.17) is 18.2 Å². The summed E-state index contributed by atoms with van der Waals surface area (Å²) in [4.78, 5) is 27.0. The van der Waals surface area contributed by atoms with Gasteiger partial charge in [0, 0.05) is 16.3 Å². The first-order valence-electron chi connectivity index (χ1n) is 5.48. The topological polar surface area (TPSA) is 83.6 Å². The number of amides is 1. The summed E-state index contributed by atoms with van der Waals surface area (Å²) in [5.41, 5.74) is -1.38. The number of nitrogens with one attached hydrogen (secondary N) is 1. The third-order valence-electron chi connectivity index (χ3n) is 3.15. The van der Waals surface area contributed by atoms with Gasteiger partial charge in [0.2, 0.25) is 5.41 Å². The predicted octanol–water partition coefficient (Wildman–Crippen LogP) is 1.51. The van der Waals surface area contributed by atoms with Gasteiger partial charge in [0.25, 0.3) is 5.91 Å². The maximum Gasteiger partial charge on any atom is 0.392 e. The lowest BCUT2D eigenvalue weighted by Gasteiger charge is -2.18. The van der Waals surface area contributed by atoms with E-state index in [2.05, 4.69) is 14.9 Å². The number of carbonyl (C=O) groups excluding carboxylic acids is 2. The van der Waals surface area contributed by atoms with Crippen molar-refractivity contribution in [2.24, 2.45) is 0 Å². The molecule has 2 atom stereocenters. The minimum Gasteiger partial charge on any atom is -0.463 e. The molecule has 0 spiro atoms. The van der Waals surface area contributed by atoms with Gasteiger partial charge in [0.15, 0.2) is 0 Å². The largest absolute Gasteiger partial charge is 0.463 e. The Morgan fingerprint density at radius 3 is 2.90 bits per heavy atom. The number of nitriles is 1. The molecule has 0 radical (unpaired) electrons. The number of halogens is 1. The molecule has 0 aliphatic carbocycles. The zero-order valence-corrected chi connectivity index (χ0v) is 11.1. The fraction of sp³-hybridized carbons (Fsp3) is 0.231. The third-order valence-corrected chi connectivity index (χ3v) is 3.39. The van der Waals surface area contributed by atoms with Gasteiger partial charge in [-0.3, -0.25) is 9.64 Å². The van der Waals surface area contributed by atoms with Gasteiger partial charge in [-0.2, -0.15) is 5.26 Å². The van der Waals surface area contributed by atoms with Crippen LogP contribution in [0, 0.1) is 17.9 Å². The van der Waals surface area contributed by atoms with Crippen LogP contribution in [0.1, 0.15) is 5.56 Å². The monoisotopic (exact) mass is 289 g/mol. The van der Waals surface area contributed by atoms with Crippen LogP contribution >= 0.6 is 11.6 Å². The first kappa shape index (κ1) is 13.9. The normalized spacial score (nSPS) is 21.1. The maximum absolute atomic E-state index is 12.2. The molecular formula is C13H8ClN3O3. The number of benzene rings is 1. The van der Waals surface area contributed by atoms with Crippen LogP contribution in [0.4, 0.5) is 5.69 Å². The molecule has 2 rings (SSSR count). The predicted molar refractivity (Wildman–Crippen MR) is 69.8 cm³/mol. The highest BCUT2D eigenvalue weighted by Gasteiger charge is 2.61. The van der Waals surface area contributed by atoms with Crippen LogP contribution in [0.3, 0.4) is 0 Å². The smallest absolute Gasteiger partial charge is 0.392 e. The number of rotatable bonds is 2. The first-order chi connectivity index (χ1) is 9.51. The van der Waals surface area contributed by atoms with Crippen LogP contribution in [-0.4, -0.2) is 25.0 Å². The number of methoxy groups -OCH3 is 1. The Morgan fingerprint density at radius 1 is 1.65 bits per heavy atom. The second kappa shape index (κ2) is 4.84. The molecule has 0 saturated heterocycles. The van der Waals surface area contributed by atoms with Crippen molar-refractivity contribution in [3.05, 3.63) is 40.2 Å². The highest BCUT2D eigenvalue weighted by Crippen LogP contribution is 2.42. The maximum atomic E-state index is 12.2. The molecule has 7 heteroatoms. The number of hydrogen-bond donors (Lipinski definition) is 1. The van der Waals surface area contributed by atoms with Crippen LogP contribution in [0.5, 0.6) is 0 Å². The van der Waals surface area contributed by atoms with Crippen molar-refractivity contribution in [3.63, 3.8) is 0 Å². The fourth-order valence-electron chi connectivity index (χ4n) is 2.18. The summed E-state index contributed by atoms with van der Waals surface area (Å²) in [6.07, 6.45) is 0. The zero-order valence-electron chi connectivity index (χ0n) is 10.3. The molecule has 1 aromatic carbocycles. The van der Waals surface area contributed by atoms with Gasteiger partial charge in [-0.25, -0.2) is 11.4 Å². The van der Waals surface area contributed by atoms with Crippen LogP contribution in [0.2, 0.25) is 5.02 Å². The zero-order chi connectivity index (χ0) is 14.9. The van der Waals surface area contributed by atoms with E-state index in [-0.39, 0.29) is 5.56 Å². The molecule has 1 aliphatic rings. The molecule has 1 amide bonds. The summed E-state index contributed by atoms with van der Waals surface area (Å²) >= 11 is 5.87. The third kappa shape index (κ3) is 1.70. The highest BCUT2D eigenvalue weighted by molar-refractivity contribution is 6.31. The molecule has 1 aromatic rings. The lowest BCUT2D eigenvalue weighted by molar-refractivity contribution is -0.143. The number of hydrogen-bond acceptors (Lipinski definition) is 4. The standard InChI is InChI=1S/C13H8ClN3O3/c1-16-10(11(18)20-2)13(6-15)8-5-7(14)3-4-9(8)17-12(13)19/h3-5,10H,2H3,(H,17,19). The van der Waals surface area contributed by atoms with Crippen molar-refractivity contribution >= 4 is 29.2 Å². The second-order valence-electron chi connectivity index (χ2n) is 4.12. The van der Waals surface area contributed by atoms with Crippen molar-refractivity contribution < 1.29 is 14.3 Å².